The first-order valence-corrected chi connectivity index (χ1v) is 8.37. The van der Waals surface area contributed by atoms with Crippen molar-refractivity contribution in [1.29, 1.82) is 0 Å². The van der Waals surface area contributed by atoms with Gasteiger partial charge in [-0.25, -0.2) is 4.39 Å². The van der Waals surface area contributed by atoms with E-state index >= 15 is 0 Å². The number of carbonyl (C=O) groups excluding carboxylic acids is 1. The first-order valence-electron chi connectivity index (χ1n) is 7.49. The van der Waals surface area contributed by atoms with Gasteiger partial charge in [-0.3, -0.25) is 15.1 Å². The third kappa shape index (κ3) is 3.97. The molecule has 3 rings (SSSR count). The molecular weight excluding hydrogens is 343 g/mol. The highest BCUT2D eigenvalue weighted by molar-refractivity contribution is 7.13. The lowest BCUT2D eigenvalue weighted by atomic mass is 9.99. The van der Waals surface area contributed by atoms with Gasteiger partial charge in [-0.05, 0) is 19.1 Å². The molecule has 6 nitrogen and oxygen atoms in total. The van der Waals surface area contributed by atoms with E-state index in [1.165, 1.54) is 30.0 Å². The number of hydrogen-bond donors (Lipinski definition) is 1. The quantitative estimate of drug-likeness (QED) is 0.749. The monoisotopic (exact) mass is 358 g/mol. The summed E-state index contributed by atoms with van der Waals surface area (Å²) in [6, 6.07) is 8.74. The highest BCUT2D eigenvalue weighted by Crippen LogP contribution is 2.33. The fourth-order valence-electron chi connectivity index (χ4n) is 2.32. The van der Waals surface area contributed by atoms with Crippen molar-refractivity contribution in [3.63, 3.8) is 0 Å². The fraction of sp³-hybridized carbons (Fsp3) is 0.176. The van der Waals surface area contributed by atoms with Crippen molar-refractivity contribution in [3.8, 4) is 16.9 Å². The Morgan fingerprint density at radius 2 is 2.12 bits per heavy atom. The van der Waals surface area contributed by atoms with Crippen LogP contribution in [-0.4, -0.2) is 27.4 Å². The van der Waals surface area contributed by atoms with Crippen molar-refractivity contribution in [2.75, 3.05) is 5.32 Å². The number of ether oxygens (including phenoxy) is 1. The van der Waals surface area contributed by atoms with Gasteiger partial charge in [-0.15, -0.1) is 10.2 Å². The molecule has 8 heteroatoms. The molecule has 0 aliphatic heterocycles. The maximum absolute atomic E-state index is 13.3. The van der Waals surface area contributed by atoms with Crippen LogP contribution in [0.15, 0.2) is 42.0 Å². The molecular formula is C17H15FN4O2S. The van der Waals surface area contributed by atoms with Crippen molar-refractivity contribution in [2.45, 2.75) is 20.2 Å². The highest BCUT2D eigenvalue weighted by Gasteiger charge is 2.18. The summed E-state index contributed by atoms with van der Waals surface area (Å²) in [5.74, 6) is -0.0181. The van der Waals surface area contributed by atoms with Crippen LogP contribution in [0.4, 0.5) is 9.52 Å². The van der Waals surface area contributed by atoms with Crippen molar-refractivity contribution < 1.29 is 13.9 Å². The number of anilines is 1. The van der Waals surface area contributed by atoms with Gasteiger partial charge in [0, 0.05) is 29.9 Å². The lowest BCUT2D eigenvalue weighted by molar-refractivity contribution is 0.0867. The number of pyridine rings is 1. The number of benzene rings is 1. The van der Waals surface area contributed by atoms with Crippen LogP contribution in [0.1, 0.15) is 23.0 Å². The third-order valence-electron chi connectivity index (χ3n) is 3.33. The second-order valence-electron chi connectivity index (χ2n) is 5.23. The molecule has 0 spiro atoms. The average Bonchev–Trinajstić information content (AvgIpc) is 3.07. The largest absolute Gasteiger partial charge is 0.460 e. The van der Waals surface area contributed by atoms with Gasteiger partial charge in [0.2, 0.25) is 11.5 Å². The Kier molecular flexibility index (Phi) is 4.99. The maximum atomic E-state index is 13.3. The van der Waals surface area contributed by atoms with E-state index < -0.39 is 6.36 Å². The number of alkyl halides is 1. The predicted molar refractivity (Wildman–Crippen MR) is 93.5 cm³/mol. The Bertz CT molecular complexity index is 884. The zero-order chi connectivity index (χ0) is 17.8. The standard InChI is InChI=1S/C17H15FN4O2S/c1-10-7-13(12-5-3-4-6-15(12)24-11(2)18)14(8-19-10)16(23)21-17-22-20-9-25-17/h3-9,11H,1-2H3,(H,21,22,23). The fourth-order valence-corrected chi connectivity index (χ4v) is 2.76. The Balaban J connectivity index is 2.04. The van der Waals surface area contributed by atoms with Gasteiger partial charge in [0.05, 0.1) is 5.56 Å². The van der Waals surface area contributed by atoms with E-state index in [9.17, 15) is 9.18 Å². The average molecular weight is 358 g/mol. The summed E-state index contributed by atoms with van der Waals surface area (Å²) in [6.45, 7) is 3.12. The molecule has 0 radical (unpaired) electrons. The molecule has 1 amide bonds. The van der Waals surface area contributed by atoms with Crippen LogP contribution < -0.4 is 10.1 Å². The Morgan fingerprint density at radius 3 is 2.84 bits per heavy atom. The minimum absolute atomic E-state index is 0.336. The molecule has 128 valence electrons. The van der Waals surface area contributed by atoms with E-state index in [0.29, 0.717) is 27.6 Å². The van der Waals surface area contributed by atoms with Crippen LogP contribution in [0.2, 0.25) is 0 Å². The van der Waals surface area contributed by atoms with E-state index in [1.807, 2.05) is 6.92 Å². The number of nitrogens with one attached hydrogen (secondary N) is 1. The van der Waals surface area contributed by atoms with E-state index in [-0.39, 0.29) is 5.91 Å². The van der Waals surface area contributed by atoms with Crippen LogP contribution >= 0.6 is 11.3 Å². The smallest absolute Gasteiger partial charge is 0.259 e. The predicted octanol–water partition coefficient (Wildman–Crippen LogP) is 3.86. The second-order valence-corrected chi connectivity index (χ2v) is 6.06. The van der Waals surface area contributed by atoms with Gasteiger partial charge < -0.3 is 4.74 Å². The van der Waals surface area contributed by atoms with E-state index in [0.717, 1.165) is 5.69 Å². The van der Waals surface area contributed by atoms with Gasteiger partial charge >= 0.3 is 0 Å². The summed E-state index contributed by atoms with van der Waals surface area (Å²) in [4.78, 5) is 16.8. The number of rotatable bonds is 5. The van der Waals surface area contributed by atoms with Crippen molar-refractivity contribution in [2.24, 2.45) is 0 Å². The molecule has 0 saturated heterocycles. The normalized spacial score (nSPS) is 11.8. The van der Waals surface area contributed by atoms with Gasteiger partial charge in [-0.1, -0.05) is 29.5 Å². The minimum Gasteiger partial charge on any atom is -0.460 e. The topological polar surface area (TPSA) is 77.0 Å². The molecule has 1 aromatic carbocycles. The first kappa shape index (κ1) is 17.0. The third-order valence-corrected chi connectivity index (χ3v) is 3.94. The minimum atomic E-state index is -1.47. The zero-order valence-corrected chi connectivity index (χ0v) is 14.4. The summed E-state index contributed by atoms with van der Waals surface area (Å²) in [6.07, 6.45) is 0.0132. The highest BCUT2D eigenvalue weighted by atomic mass is 32.1. The van der Waals surface area contributed by atoms with E-state index in [2.05, 4.69) is 20.5 Å². The Morgan fingerprint density at radius 1 is 1.32 bits per heavy atom. The van der Waals surface area contributed by atoms with Crippen molar-refractivity contribution in [3.05, 3.63) is 53.3 Å². The van der Waals surface area contributed by atoms with Crippen molar-refractivity contribution >= 4 is 22.4 Å². The molecule has 0 saturated carbocycles. The number of para-hydroxylation sites is 1. The van der Waals surface area contributed by atoms with Crippen LogP contribution in [0, 0.1) is 6.92 Å². The number of aryl methyl sites for hydroxylation is 1. The molecule has 0 bridgehead atoms. The molecule has 0 fully saturated rings. The maximum Gasteiger partial charge on any atom is 0.259 e. The first-order chi connectivity index (χ1) is 12.0. The second kappa shape index (κ2) is 7.35. The number of carbonyl (C=O) groups is 1. The molecule has 1 unspecified atom stereocenters. The Hall–Kier alpha value is -2.87. The van der Waals surface area contributed by atoms with Gasteiger partial charge in [0.1, 0.15) is 11.3 Å². The summed E-state index contributed by atoms with van der Waals surface area (Å²) in [7, 11) is 0. The molecule has 0 aliphatic rings. The molecule has 2 heterocycles. The number of halogens is 1. The van der Waals surface area contributed by atoms with Gasteiger partial charge in [0.25, 0.3) is 5.91 Å². The molecule has 25 heavy (non-hydrogen) atoms. The van der Waals surface area contributed by atoms with Crippen LogP contribution in [0.5, 0.6) is 5.75 Å². The van der Waals surface area contributed by atoms with Crippen LogP contribution in [-0.2, 0) is 0 Å². The Labute approximate surface area is 147 Å². The molecule has 2 aromatic heterocycles. The van der Waals surface area contributed by atoms with Crippen LogP contribution in [0.25, 0.3) is 11.1 Å². The lowest BCUT2D eigenvalue weighted by Gasteiger charge is -2.15. The summed E-state index contributed by atoms with van der Waals surface area (Å²) < 4.78 is 18.6. The molecule has 3 aromatic rings. The SMILES string of the molecule is Cc1cc(-c2ccccc2OC(C)F)c(C(=O)Nc2nncs2)cn1. The molecule has 0 aliphatic carbocycles. The van der Waals surface area contributed by atoms with E-state index in [4.69, 9.17) is 4.74 Å². The van der Waals surface area contributed by atoms with Gasteiger partial charge in [0.15, 0.2) is 0 Å². The number of amides is 1. The number of hydrogen-bond acceptors (Lipinski definition) is 6. The molecule has 1 atom stereocenters. The lowest BCUT2D eigenvalue weighted by Crippen LogP contribution is -2.14. The number of aromatic nitrogens is 3. The van der Waals surface area contributed by atoms with Gasteiger partial charge in [-0.2, -0.15) is 0 Å². The zero-order valence-electron chi connectivity index (χ0n) is 13.6. The molecule has 1 N–H and O–H groups in total. The number of nitrogens with zero attached hydrogens (tertiary/aromatic N) is 3. The summed E-state index contributed by atoms with van der Waals surface area (Å²) >= 11 is 1.21. The van der Waals surface area contributed by atoms with Crippen LogP contribution in [0.3, 0.4) is 0 Å². The summed E-state index contributed by atoms with van der Waals surface area (Å²) in [5, 5.41) is 10.6. The summed E-state index contributed by atoms with van der Waals surface area (Å²) in [5.41, 5.74) is 3.80. The van der Waals surface area contributed by atoms with Crippen molar-refractivity contribution in [1.82, 2.24) is 15.2 Å². The van der Waals surface area contributed by atoms with E-state index in [1.54, 1.807) is 30.3 Å².